The summed E-state index contributed by atoms with van der Waals surface area (Å²) in [7, 11) is -1.31. The molecule has 0 aromatic rings. The average Bonchev–Trinajstić information content (AvgIpc) is 1.60. The first-order chi connectivity index (χ1) is 4.27. The zero-order valence-corrected chi connectivity index (χ0v) is 9.12. The van der Waals surface area contributed by atoms with Crippen LogP contribution in [0.1, 0.15) is 27.2 Å². The highest BCUT2D eigenvalue weighted by Gasteiger charge is 2.24. The minimum Gasteiger partial charge on any atom is -0.413 e. The average molecular weight is 160 g/mol. The van der Waals surface area contributed by atoms with E-state index in [0.717, 1.165) is 6.42 Å². The molecule has 0 rings (SSSR count). The molecule has 0 aliphatic heterocycles. The van der Waals surface area contributed by atoms with E-state index in [1.54, 1.807) is 0 Å². The van der Waals surface area contributed by atoms with E-state index < -0.39 is 8.32 Å². The van der Waals surface area contributed by atoms with E-state index in [9.17, 15) is 0 Å². The SMILES string of the molecule is CCC(C)(C)O[Si](C)(C)C. The van der Waals surface area contributed by atoms with Crippen LogP contribution in [-0.2, 0) is 4.43 Å². The number of hydrogen-bond donors (Lipinski definition) is 0. The van der Waals surface area contributed by atoms with Gasteiger partial charge in [-0.15, -0.1) is 0 Å². The van der Waals surface area contributed by atoms with Crippen molar-refractivity contribution < 1.29 is 4.43 Å². The monoisotopic (exact) mass is 160 g/mol. The van der Waals surface area contributed by atoms with Gasteiger partial charge in [-0.1, -0.05) is 6.92 Å². The van der Waals surface area contributed by atoms with Crippen LogP contribution in [0.2, 0.25) is 19.6 Å². The van der Waals surface area contributed by atoms with Gasteiger partial charge in [-0.25, -0.2) is 0 Å². The van der Waals surface area contributed by atoms with Gasteiger partial charge < -0.3 is 4.43 Å². The molecule has 0 atom stereocenters. The topological polar surface area (TPSA) is 9.23 Å². The molecule has 0 unspecified atom stereocenters. The first kappa shape index (κ1) is 10.2. The second-order valence-corrected chi connectivity index (χ2v) is 8.76. The Morgan fingerprint density at radius 1 is 1.20 bits per heavy atom. The maximum atomic E-state index is 5.91. The number of hydrogen-bond acceptors (Lipinski definition) is 1. The van der Waals surface area contributed by atoms with E-state index >= 15 is 0 Å². The van der Waals surface area contributed by atoms with Crippen LogP contribution in [0.4, 0.5) is 0 Å². The molecule has 2 heteroatoms. The lowest BCUT2D eigenvalue weighted by molar-refractivity contribution is 0.0969. The molecule has 0 saturated heterocycles. The fourth-order valence-electron chi connectivity index (χ4n) is 0.901. The van der Waals surface area contributed by atoms with Crippen LogP contribution in [0.5, 0.6) is 0 Å². The highest BCUT2D eigenvalue weighted by molar-refractivity contribution is 6.69. The Balaban J connectivity index is 3.89. The standard InChI is InChI=1S/C8H20OSi/c1-7-8(2,3)9-10(4,5)6/h7H2,1-6H3. The van der Waals surface area contributed by atoms with Gasteiger partial charge in [0.05, 0.1) is 5.60 Å². The summed E-state index contributed by atoms with van der Waals surface area (Å²) in [5.41, 5.74) is 0.0878. The van der Waals surface area contributed by atoms with Gasteiger partial charge in [-0.3, -0.25) is 0 Å². The summed E-state index contributed by atoms with van der Waals surface area (Å²) in [5, 5.41) is 0. The maximum absolute atomic E-state index is 5.91. The minimum atomic E-state index is -1.31. The molecule has 0 saturated carbocycles. The van der Waals surface area contributed by atoms with E-state index in [1.165, 1.54) is 0 Å². The molecule has 0 bridgehead atoms. The lowest BCUT2D eigenvalue weighted by Gasteiger charge is -2.31. The first-order valence-corrected chi connectivity index (χ1v) is 7.38. The van der Waals surface area contributed by atoms with E-state index in [4.69, 9.17) is 4.43 Å². The largest absolute Gasteiger partial charge is 0.413 e. The van der Waals surface area contributed by atoms with Gasteiger partial charge in [-0.05, 0) is 39.9 Å². The predicted molar refractivity (Wildman–Crippen MR) is 48.8 cm³/mol. The van der Waals surface area contributed by atoms with Crippen LogP contribution in [-0.4, -0.2) is 13.9 Å². The van der Waals surface area contributed by atoms with Crippen molar-refractivity contribution in [2.45, 2.75) is 52.4 Å². The normalized spacial score (nSPS) is 13.8. The van der Waals surface area contributed by atoms with Crippen LogP contribution in [0.15, 0.2) is 0 Å². The predicted octanol–water partition coefficient (Wildman–Crippen LogP) is 3.03. The van der Waals surface area contributed by atoms with Crippen molar-refractivity contribution in [2.24, 2.45) is 0 Å². The first-order valence-electron chi connectivity index (χ1n) is 3.97. The summed E-state index contributed by atoms with van der Waals surface area (Å²) in [6.45, 7) is 13.2. The summed E-state index contributed by atoms with van der Waals surface area (Å²) in [6.07, 6.45) is 1.09. The van der Waals surface area contributed by atoms with E-state index in [1.807, 2.05) is 0 Å². The summed E-state index contributed by atoms with van der Waals surface area (Å²) in [4.78, 5) is 0. The highest BCUT2D eigenvalue weighted by atomic mass is 28.4. The third-order valence-electron chi connectivity index (χ3n) is 1.43. The molecule has 0 fully saturated rings. The summed E-state index contributed by atoms with van der Waals surface area (Å²) >= 11 is 0. The van der Waals surface area contributed by atoms with Gasteiger partial charge in [0.25, 0.3) is 0 Å². The van der Waals surface area contributed by atoms with Crippen molar-refractivity contribution in [2.75, 3.05) is 0 Å². The Labute approximate surface area is 65.9 Å². The van der Waals surface area contributed by atoms with Crippen molar-refractivity contribution >= 4 is 8.32 Å². The summed E-state index contributed by atoms with van der Waals surface area (Å²) < 4.78 is 5.91. The maximum Gasteiger partial charge on any atom is 0.184 e. The summed E-state index contributed by atoms with van der Waals surface area (Å²) in [5.74, 6) is 0. The van der Waals surface area contributed by atoms with Gasteiger partial charge in [0.15, 0.2) is 8.32 Å². The van der Waals surface area contributed by atoms with E-state index in [-0.39, 0.29) is 5.60 Å². The summed E-state index contributed by atoms with van der Waals surface area (Å²) in [6, 6.07) is 0. The Kier molecular flexibility index (Phi) is 3.11. The molecule has 62 valence electrons. The van der Waals surface area contributed by atoms with E-state index in [2.05, 4.69) is 40.4 Å². The van der Waals surface area contributed by atoms with Gasteiger partial charge in [0.1, 0.15) is 0 Å². The number of rotatable bonds is 3. The van der Waals surface area contributed by atoms with Crippen molar-refractivity contribution in [3.05, 3.63) is 0 Å². The van der Waals surface area contributed by atoms with Crippen LogP contribution in [0.3, 0.4) is 0 Å². The highest BCUT2D eigenvalue weighted by Crippen LogP contribution is 2.19. The van der Waals surface area contributed by atoms with Crippen molar-refractivity contribution in [1.82, 2.24) is 0 Å². The molecule has 10 heavy (non-hydrogen) atoms. The molecule has 0 radical (unpaired) electrons. The minimum absolute atomic E-state index is 0.0878. The van der Waals surface area contributed by atoms with Crippen LogP contribution in [0.25, 0.3) is 0 Å². The van der Waals surface area contributed by atoms with E-state index in [0.29, 0.717) is 0 Å². The Hall–Kier alpha value is 0.177. The van der Waals surface area contributed by atoms with Gasteiger partial charge in [0.2, 0.25) is 0 Å². The molecule has 0 aromatic heterocycles. The van der Waals surface area contributed by atoms with Crippen molar-refractivity contribution in [3.8, 4) is 0 Å². The lowest BCUT2D eigenvalue weighted by Crippen LogP contribution is -2.37. The molecule has 0 aromatic carbocycles. The third kappa shape index (κ3) is 5.00. The fraction of sp³-hybridized carbons (Fsp3) is 1.00. The van der Waals surface area contributed by atoms with Crippen LogP contribution < -0.4 is 0 Å². The van der Waals surface area contributed by atoms with Gasteiger partial charge >= 0.3 is 0 Å². The molecule has 0 spiro atoms. The molecular formula is C8H20OSi. The Morgan fingerprint density at radius 2 is 1.60 bits per heavy atom. The zero-order valence-electron chi connectivity index (χ0n) is 8.12. The second kappa shape index (κ2) is 3.05. The molecular weight excluding hydrogens is 140 g/mol. The quantitative estimate of drug-likeness (QED) is 0.577. The lowest BCUT2D eigenvalue weighted by atomic mass is 10.1. The second-order valence-electron chi connectivity index (χ2n) is 4.33. The molecule has 1 nitrogen and oxygen atoms in total. The van der Waals surface area contributed by atoms with Crippen LogP contribution in [0, 0.1) is 0 Å². The Morgan fingerprint density at radius 3 is 1.70 bits per heavy atom. The van der Waals surface area contributed by atoms with Gasteiger partial charge in [-0.2, -0.15) is 0 Å². The molecule has 0 amide bonds. The smallest absolute Gasteiger partial charge is 0.184 e. The molecule has 0 aliphatic carbocycles. The molecule has 0 aliphatic rings. The van der Waals surface area contributed by atoms with Gasteiger partial charge in [0, 0.05) is 0 Å². The molecule has 0 N–H and O–H groups in total. The van der Waals surface area contributed by atoms with Crippen LogP contribution >= 0.6 is 0 Å². The van der Waals surface area contributed by atoms with Crippen molar-refractivity contribution in [1.29, 1.82) is 0 Å². The van der Waals surface area contributed by atoms with Crippen molar-refractivity contribution in [3.63, 3.8) is 0 Å². The third-order valence-corrected chi connectivity index (χ3v) is 2.60. The molecule has 0 heterocycles. The fourth-order valence-corrected chi connectivity index (χ4v) is 2.70. The zero-order chi connectivity index (χ0) is 8.41. The Bertz CT molecular complexity index is 102.